The minimum absolute atomic E-state index is 0.0687. The molecule has 0 saturated heterocycles. The van der Waals surface area contributed by atoms with Crippen LogP contribution < -0.4 is 10.7 Å². The first-order valence-electron chi connectivity index (χ1n) is 13.4. The molecule has 0 bridgehead atoms. The van der Waals surface area contributed by atoms with Gasteiger partial charge in [0.05, 0.1) is 12.1 Å². The topological polar surface area (TPSA) is 119 Å². The number of nitrogens with zero attached hydrogens (tertiary/aromatic N) is 4. The molecule has 3 aromatic heterocycles. The Morgan fingerprint density at radius 3 is 2.64 bits per heavy atom. The third kappa shape index (κ3) is 5.13. The van der Waals surface area contributed by atoms with E-state index in [0.717, 1.165) is 60.9 Å². The molecule has 0 aliphatic heterocycles. The SMILES string of the molecule is Cn1c(=O)oc2cc(-c3ccccc3-c3csc(N(C(=O)C(CC(=O)O)CC4CCCC4)C4CC4)n3)cnc21. The number of carbonyl (C=O) groups excluding carboxylic acids is 1. The van der Waals surface area contributed by atoms with Crippen LogP contribution >= 0.6 is 11.3 Å². The lowest BCUT2D eigenvalue weighted by Gasteiger charge is -2.26. The van der Waals surface area contributed by atoms with Crippen molar-refractivity contribution in [3.8, 4) is 22.4 Å². The minimum atomic E-state index is -0.935. The van der Waals surface area contributed by atoms with Gasteiger partial charge in [0.1, 0.15) is 0 Å². The largest absolute Gasteiger partial charge is 0.481 e. The first-order valence-corrected chi connectivity index (χ1v) is 14.3. The van der Waals surface area contributed by atoms with Crippen molar-refractivity contribution in [2.24, 2.45) is 18.9 Å². The van der Waals surface area contributed by atoms with E-state index < -0.39 is 17.6 Å². The molecule has 0 radical (unpaired) electrons. The van der Waals surface area contributed by atoms with Crippen molar-refractivity contribution in [3.05, 3.63) is 52.5 Å². The standard InChI is InChI=1S/C29H30N4O5S/c1-32-26-24(38-29(32)37)13-19(15-30-26)21-8-4-5-9-22(21)23-16-39-28(31-23)33(20-10-11-20)27(36)18(14-25(34)35)12-17-6-2-3-7-17/h4-5,8-9,13,15-18,20H,2-3,6-7,10-12,14H2,1H3,(H,34,35). The number of carbonyl (C=O) groups is 2. The van der Waals surface area contributed by atoms with Crippen LogP contribution in [0.2, 0.25) is 0 Å². The van der Waals surface area contributed by atoms with E-state index in [1.807, 2.05) is 29.6 Å². The van der Waals surface area contributed by atoms with Crippen molar-refractivity contribution in [1.29, 1.82) is 0 Å². The predicted molar refractivity (Wildman–Crippen MR) is 149 cm³/mol. The third-order valence-corrected chi connectivity index (χ3v) is 8.69. The fourth-order valence-electron chi connectivity index (χ4n) is 5.71. The molecule has 39 heavy (non-hydrogen) atoms. The molecule has 9 nitrogen and oxygen atoms in total. The maximum absolute atomic E-state index is 13.8. The second-order valence-electron chi connectivity index (χ2n) is 10.7. The van der Waals surface area contributed by atoms with E-state index in [2.05, 4.69) is 4.98 Å². The van der Waals surface area contributed by atoms with Crippen LogP contribution in [0.3, 0.4) is 0 Å². The van der Waals surface area contributed by atoms with Gasteiger partial charge in [-0.05, 0) is 36.8 Å². The summed E-state index contributed by atoms with van der Waals surface area (Å²) < 4.78 is 6.71. The first kappa shape index (κ1) is 25.5. The number of rotatable bonds is 9. The molecule has 202 valence electrons. The van der Waals surface area contributed by atoms with Gasteiger partial charge in [-0.25, -0.2) is 14.8 Å². The highest BCUT2D eigenvalue weighted by atomic mass is 32.1. The smallest absolute Gasteiger partial charge is 0.420 e. The van der Waals surface area contributed by atoms with E-state index in [4.69, 9.17) is 9.40 Å². The zero-order valence-corrected chi connectivity index (χ0v) is 22.5. The molecular weight excluding hydrogens is 516 g/mol. The molecule has 1 N–H and O–H groups in total. The Morgan fingerprint density at radius 1 is 1.18 bits per heavy atom. The van der Waals surface area contributed by atoms with Crippen LogP contribution in [0.1, 0.15) is 51.4 Å². The Kier molecular flexibility index (Phi) is 6.80. The molecular formula is C29H30N4O5S. The van der Waals surface area contributed by atoms with Crippen molar-refractivity contribution in [2.75, 3.05) is 4.90 Å². The van der Waals surface area contributed by atoms with Gasteiger partial charge in [-0.3, -0.25) is 19.1 Å². The van der Waals surface area contributed by atoms with E-state index in [1.165, 1.54) is 15.9 Å². The molecule has 1 unspecified atom stereocenters. The summed E-state index contributed by atoms with van der Waals surface area (Å²) in [4.78, 5) is 48.6. The summed E-state index contributed by atoms with van der Waals surface area (Å²) >= 11 is 1.41. The lowest BCUT2D eigenvalue weighted by molar-refractivity contribution is -0.141. The fraction of sp³-hybridized carbons (Fsp3) is 0.414. The average molecular weight is 547 g/mol. The molecule has 2 aliphatic rings. The second kappa shape index (κ2) is 10.4. The highest BCUT2D eigenvalue weighted by molar-refractivity contribution is 7.14. The van der Waals surface area contributed by atoms with Crippen molar-refractivity contribution in [2.45, 2.75) is 57.4 Å². The molecule has 1 atom stereocenters. The summed E-state index contributed by atoms with van der Waals surface area (Å²) in [6, 6.07) is 9.66. The van der Waals surface area contributed by atoms with Crippen LogP contribution in [0.4, 0.5) is 5.13 Å². The summed E-state index contributed by atoms with van der Waals surface area (Å²) in [6.45, 7) is 0. The molecule has 4 aromatic rings. The molecule has 1 amide bonds. The summed E-state index contributed by atoms with van der Waals surface area (Å²) in [7, 11) is 1.62. The van der Waals surface area contributed by atoms with Gasteiger partial charge in [-0.1, -0.05) is 49.9 Å². The average Bonchev–Trinajstić information content (AvgIpc) is 3.29. The van der Waals surface area contributed by atoms with Crippen LogP contribution in [-0.2, 0) is 16.6 Å². The molecule has 6 rings (SSSR count). The Bertz CT molecular complexity index is 1590. The Labute approximate surface area is 229 Å². The van der Waals surface area contributed by atoms with E-state index in [0.29, 0.717) is 28.7 Å². The number of aromatic nitrogens is 3. The molecule has 3 heterocycles. The van der Waals surface area contributed by atoms with E-state index in [9.17, 15) is 19.5 Å². The molecule has 2 aliphatic carbocycles. The summed E-state index contributed by atoms with van der Waals surface area (Å²) in [6.07, 6.45) is 8.42. The van der Waals surface area contributed by atoms with E-state index in [1.54, 1.807) is 24.2 Å². The first-order chi connectivity index (χ1) is 18.9. The lowest BCUT2D eigenvalue weighted by atomic mass is 9.90. The maximum atomic E-state index is 13.8. The van der Waals surface area contributed by atoms with Gasteiger partial charge in [0, 0.05) is 41.7 Å². The maximum Gasteiger partial charge on any atom is 0.420 e. The zero-order valence-electron chi connectivity index (χ0n) is 21.7. The van der Waals surface area contributed by atoms with Gasteiger partial charge in [0.2, 0.25) is 5.91 Å². The van der Waals surface area contributed by atoms with Crippen LogP contribution in [0.15, 0.2) is 51.1 Å². The molecule has 2 saturated carbocycles. The van der Waals surface area contributed by atoms with Crippen molar-refractivity contribution >= 4 is 39.6 Å². The fourth-order valence-corrected chi connectivity index (χ4v) is 6.61. The molecule has 10 heteroatoms. The third-order valence-electron chi connectivity index (χ3n) is 7.85. The van der Waals surface area contributed by atoms with Gasteiger partial charge in [0.15, 0.2) is 16.4 Å². The number of thiazole rings is 1. The molecule has 2 fully saturated rings. The number of carboxylic acids is 1. The number of carboxylic acid groups (broad SMARTS) is 1. The summed E-state index contributed by atoms with van der Waals surface area (Å²) in [5, 5.41) is 12.1. The van der Waals surface area contributed by atoms with Crippen molar-refractivity contribution in [3.63, 3.8) is 0 Å². The highest BCUT2D eigenvalue weighted by Crippen LogP contribution is 2.40. The predicted octanol–water partition coefficient (Wildman–Crippen LogP) is 5.48. The van der Waals surface area contributed by atoms with Gasteiger partial charge in [0.25, 0.3) is 0 Å². The number of oxazole rings is 1. The quantitative estimate of drug-likeness (QED) is 0.295. The van der Waals surface area contributed by atoms with Crippen LogP contribution in [0.5, 0.6) is 0 Å². The number of aryl methyl sites for hydroxylation is 1. The van der Waals surface area contributed by atoms with Gasteiger partial charge < -0.3 is 9.52 Å². The number of benzene rings is 1. The number of aliphatic carboxylic acids is 1. The minimum Gasteiger partial charge on any atom is -0.481 e. The zero-order chi connectivity index (χ0) is 27.1. The van der Waals surface area contributed by atoms with Crippen molar-refractivity contribution < 1.29 is 19.1 Å². The number of fused-ring (bicyclic) bond motifs is 1. The number of anilines is 1. The Hall–Kier alpha value is -3.79. The van der Waals surface area contributed by atoms with E-state index in [-0.39, 0.29) is 18.4 Å². The van der Waals surface area contributed by atoms with Gasteiger partial charge in [-0.15, -0.1) is 11.3 Å². The molecule has 0 spiro atoms. The number of pyridine rings is 1. The number of amides is 1. The lowest BCUT2D eigenvalue weighted by Crippen LogP contribution is -2.39. The monoisotopic (exact) mass is 546 g/mol. The van der Waals surface area contributed by atoms with Crippen LogP contribution in [0.25, 0.3) is 33.6 Å². The summed E-state index contributed by atoms with van der Waals surface area (Å²) in [5.41, 5.74) is 4.15. The molecule has 1 aromatic carbocycles. The highest BCUT2D eigenvalue weighted by Gasteiger charge is 2.40. The Morgan fingerprint density at radius 2 is 1.92 bits per heavy atom. The van der Waals surface area contributed by atoms with E-state index >= 15 is 0 Å². The Balaban J connectivity index is 1.32. The van der Waals surface area contributed by atoms with Gasteiger partial charge in [-0.2, -0.15) is 0 Å². The van der Waals surface area contributed by atoms with Gasteiger partial charge >= 0.3 is 11.7 Å². The number of hydrogen-bond acceptors (Lipinski definition) is 7. The van der Waals surface area contributed by atoms with Crippen molar-refractivity contribution in [1.82, 2.24) is 14.5 Å². The normalized spacial score (nSPS) is 16.5. The summed E-state index contributed by atoms with van der Waals surface area (Å²) in [5.74, 6) is -1.64. The second-order valence-corrected chi connectivity index (χ2v) is 11.5. The van der Waals surface area contributed by atoms with Crippen LogP contribution in [0, 0.1) is 11.8 Å². The number of hydrogen-bond donors (Lipinski definition) is 1. The van der Waals surface area contributed by atoms with Crippen LogP contribution in [-0.4, -0.2) is 37.6 Å².